The van der Waals surface area contributed by atoms with Crippen LogP contribution in [0.5, 0.6) is 0 Å². The number of nitrogens with zero attached hydrogens (tertiary/aromatic N) is 2. The zero-order valence-electron chi connectivity index (χ0n) is 9.54. The lowest BCUT2D eigenvalue weighted by atomic mass is 10.1. The molecule has 1 aromatic carbocycles. The number of hydrogen-bond donors (Lipinski definition) is 0. The van der Waals surface area contributed by atoms with Crippen LogP contribution in [-0.4, -0.2) is 24.8 Å². The summed E-state index contributed by atoms with van der Waals surface area (Å²) in [6, 6.07) is 7.56. The highest BCUT2D eigenvalue weighted by Crippen LogP contribution is 2.17. The summed E-state index contributed by atoms with van der Waals surface area (Å²) >= 11 is 0. The Morgan fingerprint density at radius 3 is 2.47 bits per heavy atom. The number of sulfone groups is 1. The van der Waals surface area contributed by atoms with Crippen molar-refractivity contribution in [1.82, 2.24) is 10.1 Å². The van der Waals surface area contributed by atoms with E-state index in [9.17, 15) is 8.42 Å². The van der Waals surface area contributed by atoms with Crippen LogP contribution in [-0.2, 0) is 15.6 Å². The molecule has 0 saturated heterocycles. The van der Waals surface area contributed by atoms with E-state index in [1.165, 1.54) is 0 Å². The van der Waals surface area contributed by atoms with E-state index in [1.807, 2.05) is 31.2 Å². The molecule has 2 rings (SSSR count). The molecule has 0 radical (unpaired) electrons. The van der Waals surface area contributed by atoms with E-state index < -0.39 is 9.84 Å². The van der Waals surface area contributed by atoms with Crippen molar-refractivity contribution in [3.05, 3.63) is 35.7 Å². The van der Waals surface area contributed by atoms with Gasteiger partial charge in [-0.1, -0.05) is 22.9 Å². The SMILES string of the molecule is Cc1ccc(-c2nc(CS(C)(=O)=O)no2)cc1. The zero-order chi connectivity index (χ0) is 12.5. The van der Waals surface area contributed by atoms with Crippen LogP contribution in [0.15, 0.2) is 28.8 Å². The van der Waals surface area contributed by atoms with Crippen LogP contribution in [0.25, 0.3) is 11.5 Å². The van der Waals surface area contributed by atoms with Gasteiger partial charge in [0, 0.05) is 11.8 Å². The highest BCUT2D eigenvalue weighted by atomic mass is 32.2. The Labute approximate surface area is 99.4 Å². The van der Waals surface area contributed by atoms with Gasteiger partial charge in [-0.2, -0.15) is 4.98 Å². The summed E-state index contributed by atoms with van der Waals surface area (Å²) in [5.74, 6) is 0.314. The largest absolute Gasteiger partial charge is 0.334 e. The standard InChI is InChI=1S/C11H12N2O3S/c1-8-3-5-9(6-4-8)11-12-10(13-16-11)7-17(2,14)15/h3-6H,7H2,1-2H3. The molecule has 5 nitrogen and oxygen atoms in total. The Hall–Kier alpha value is -1.69. The average Bonchev–Trinajstić information content (AvgIpc) is 2.64. The number of benzene rings is 1. The van der Waals surface area contributed by atoms with Gasteiger partial charge in [0.25, 0.3) is 5.89 Å². The van der Waals surface area contributed by atoms with Gasteiger partial charge in [-0.3, -0.25) is 0 Å². The van der Waals surface area contributed by atoms with E-state index in [0.29, 0.717) is 5.89 Å². The summed E-state index contributed by atoms with van der Waals surface area (Å²) in [6.07, 6.45) is 1.13. The topological polar surface area (TPSA) is 73.1 Å². The van der Waals surface area contributed by atoms with Crippen molar-refractivity contribution in [3.63, 3.8) is 0 Å². The fraction of sp³-hybridized carbons (Fsp3) is 0.273. The quantitative estimate of drug-likeness (QED) is 0.829. The summed E-state index contributed by atoms with van der Waals surface area (Å²) in [4.78, 5) is 4.04. The molecule has 0 spiro atoms. The van der Waals surface area contributed by atoms with Crippen LogP contribution in [0, 0.1) is 6.92 Å². The second kappa shape index (κ2) is 4.29. The van der Waals surface area contributed by atoms with Crippen LogP contribution in [0.4, 0.5) is 0 Å². The van der Waals surface area contributed by atoms with Crippen molar-refractivity contribution in [1.29, 1.82) is 0 Å². The van der Waals surface area contributed by atoms with Crippen molar-refractivity contribution in [2.45, 2.75) is 12.7 Å². The molecule has 1 aromatic heterocycles. The van der Waals surface area contributed by atoms with Gasteiger partial charge in [-0.25, -0.2) is 8.42 Å². The third-order valence-corrected chi connectivity index (χ3v) is 2.94. The van der Waals surface area contributed by atoms with E-state index >= 15 is 0 Å². The molecule has 0 bridgehead atoms. The van der Waals surface area contributed by atoms with Crippen LogP contribution >= 0.6 is 0 Å². The van der Waals surface area contributed by atoms with Crippen molar-refractivity contribution in [2.24, 2.45) is 0 Å². The fourth-order valence-corrected chi connectivity index (χ4v) is 1.95. The van der Waals surface area contributed by atoms with Crippen LogP contribution in [0.3, 0.4) is 0 Å². The first kappa shape index (κ1) is 11.8. The number of aromatic nitrogens is 2. The van der Waals surface area contributed by atoms with E-state index in [2.05, 4.69) is 10.1 Å². The van der Waals surface area contributed by atoms with E-state index in [-0.39, 0.29) is 11.6 Å². The third kappa shape index (κ3) is 3.13. The highest BCUT2D eigenvalue weighted by Gasteiger charge is 2.13. The molecule has 0 aliphatic rings. The van der Waals surface area contributed by atoms with Crippen LogP contribution in [0.1, 0.15) is 11.4 Å². The lowest BCUT2D eigenvalue weighted by molar-refractivity contribution is 0.424. The normalized spacial score (nSPS) is 11.6. The number of rotatable bonds is 3. The van der Waals surface area contributed by atoms with Gasteiger partial charge in [0.1, 0.15) is 5.75 Å². The smallest absolute Gasteiger partial charge is 0.257 e. The Bertz CT molecular complexity index is 614. The maximum atomic E-state index is 11.1. The molecule has 6 heteroatoms. The minimum atomic E-state index is -3.14. The lowest BCUT2D eigenvalue weighted by Gasteiger charge is -1.94. The molecule has 90 valence electrons. The molecule has 0 aliphatic heterocycles. The average molecular weight is 252 g/mol. The molecular weight excluding hydrogens is 240 g/mol. The molecule has 0 aliphatic carbocycles. The van der Waals surface area contributed by atoms with Crippen molar-refractivity contribution in [2.75, 3.05) is 6.26 Å². The Balaban J connectivity index is 2.27. The predicted octanol–water partition coefficient (Wildman–Crippen LogP) is 1.59. The fourth-order valence-electron chi connectivity index (χ4n) is 1.36. The van der Waals surface area contributed by atoms with Gasteiger partial charge in [-0.05, 0) is 19.1 Å². The van der Waals surface area contributed by atoms with Gasteiger partial charge in [0.05, 0.1) is 0 Å². The Morgan fingerprint density at radius 1 is 1.24 bits per heavy atom. The maximum Gasteiger partial charge on any atom is 0.257 e. The maximum absolute atomic E-state index is 11.1. The summed E-state index contributed by atoms with van der Waals surface area (Å²) in [6.45, 7) is 1.98. The van der Waals surface area contributed by atoms with Crippen molar-refractivity contribution in [3.8, 4) is 11.5 Å². The second-order valence-corrected chi connectivity index (χ2v) is 6.09. The predicted molar refractivity (Wildman–Crippen MR) is 63.0 cm³/mol. The third-order valence-electron chi connectivity index (χ3n) is 2.16. The zero-order valence-corrected chi connectivity index (χ0v) is 10.4. The van der Waals surface area contributed by atoms with Gasteiger partial charge < -0.3 is 4.52 Å². The van der Waals surface area contributed by atoms with Gasteiger partial charge in [0.2, 0.25) is 0 Å². The first-order valence-electron chi connectivity index (χ1n) is 5.01. The minimum Gasteiger partial charge on any atom is -0.334 e. The molecule has 1 heterocycles. The minimum absolute atomic E-state index is 0.183. The summed E-state index contributed by atoms with van der Waals surface area (Å²) in [5, 5.41) is 3.64. The van der Waals surface area contributed by atoms with Crippen molar-refractivity contribution >= 4 is 9.84 Å². The molecule has 0 fully saturated rings. The van der Waals surface area contributed by atoms with E-state index in [4.69, 9.17) is 4.52 Å². The monoisotopic (exact) mass is 252 g/mol. The van der Waals surface area contributed by atoms with Gasteiger partial charge in [-0.15, -0.1) is 0 Å². The van der Waals surface area contributed by atoms with Crippen molar-refractivity contribution < 1.29 is 12.9 Å². The highest BCUT2D eigenvalue weighted by molar-refractivity contribution is 7.89. The first-order chi connectivity index (χ1) is 7.94. The van der Waals surface area contributed by atoms with E-state index in [1.54, 1.807) is 0 Å². The molecule has 0 atom stereocenters. The molecule has 0 amide bonds. The number of aryl methyl sites for hydroxylation is 1. The first-order valence-corrected chi connectivity index (χ1v) is 7.07. The molecule has 0 unspecified atom stereocenters. The van der Waals surface area contributed by atoms with E-state index in [0.717, 1.165) is 17.4 Å². The van der Waals surface area contributed by atoms with Gasteiger partial charge >= 0.3 is 0 Å². The summed E-state index contributed by atoms with van der Waals surface area (Å²) < 4.78 is 27.1. The lowest BCUT2D eigenvalue weighted by Crippen LogP contribution is -2.02. The molecule has 2 aromatic rings. The Morgan fingerprint density at radius 2 is 1.88 bits per heavy atom. The molecule has 0 saturated carbocycles. The molecule has 0 N–H and O–H groups in total. The number of hydrogen-bond acceptors (Lipinski definition) is 5. The second-order valence-electron chi connectivity index (χ2n) is 3.95. The summed E-state index contributed by atoms with van der Waals surface area (Å²) in [7, 11) is -3.14. The van der Waals surface area contributed by atoms with Gasteiger partial charge in [0.15, 0.2) is 15.7 Å². The summed E-state index contributed by atoms with van der Waals surface area (Å²) in [5.41, 5.74) is 1.91. The Kier molecular flexibility index (Phi) is 2.97. The van der Waals surface area contributed by atoms with Crippen LogP contribution < -0.4 is 0 Å². The van der Waals surface area contributed by atoms with Crippen LogP contribution in [0.2, 0.25) is 0 Å². The molecule has 17 heavy (non-hydrogen) atoms. The molecular formula is C11H12N2O3S.